The molecule has 1 fully saturated rings. The van der Waals surface area contributed by atoms with Crippen LogP contribution in [0.2, 0.25) is 0 Å². The fourth-order valence-corrected chi connectivity index (χ4v) is 3.25. The molecular weight excluding hydrogens is 276 g/mol. The number of piperidine rings is 1. The Morgan fingerprint density at radius 1 is 1.40 bits per heavy atom. The van der Waals surface area contributed by atoms with E-state index < -0.39 is 12.0 Å². The highest BCUT2D eigenvalue weighted by Crippen LogP contribution is 2.34. The van der Waals surface area contributed by atoms with Crippen LogP contribution in [0, 0.1) is 5.41 Å². The summed E-state index contributed by atoms with van der Waals surface area (Å²) in [5.74, 6) is -0.276. The Morgan fingerprint density at radius 3 is 2.55 bits per heavy atom. The van der Waals surface area contributed by atoms with E-state index >= 15 is 0 Å². The molecule has 1 aliphatic rings. The van der Waals surface area contributed by atoms with Gasteiger partial charge < -0.3 is 15.7 Å². The molecule has 0 saturated carbocycles. The Morgan fingerprint density at radius 2 is 2.05 bits per heavy atom. The second-order valence-corrected chi connectivity index (χ2v) is 6.41. The van der Waals surface area contributed by atoms with Crippen molar-refractivity contribution in [3.8, 4) is 0 Å². The first-order valence-corrected chi connectivity index (χ1v) is 8.68. The second kappa shape index (κ2) is 8.52. The molecule has 1 atom stereocenters. The molecule has 5 nitrogen and oxygen atoms in total. The SMILES string of the molecule is CCCC1(C(=O)NC(CCSC)C(=O)O)CCNCC1. The van der Waals surface area contributed by atoms with Crippen LogP contribution < -0.4 is 10.6 Å². The third-order valence-corrected chi connectivity index (χ3v) is 4.63. The molecular formula is C14H26N2O3S. The molecule has 20 heavy (non-hydrogen) atoms. The van der Waals surface area contributed by atoms with Crippen LogP contribution in [0.4, 0.5) is 0 Å². The highest BCUT2D eigenvalue weighted by Gasteiger charge is 2.39. The number of nitrogens with one attached hydrogen (secondary N) is 2. The molecule has 0 aromatic heterocycles. The van der Waals surface area contributed by atoms with Gasteiger partial charge >= 0.3 is 5.97 Å². The minimum atomic E-state index is -0.937. The van der Waals surface area contributed by atoms with Crippen molar-refractivity contribution in [1.29, 1.82) is 0 Å². The molecule has 0 bridgehead atoms. The van der Waals surface area contributed by atoms with Gasteiger partial charge in [0.1, 0.15) is 6.04 Å². The molecule has 1 rings (SSSR count). The van der Waals surface area contributed by atoms with Gasteiger partial charge in [-0.3, -0.25) is 4.79 Å². The van der Waals surface area contributed by atoms with Crippen LogP contribution in [0.15, 0.2) is 0 Å². The van der Waals surface area contributed by atoms with E-state index in [1.54, 1.807) is 11.8 Å². The van der Waals surface area contributed by atoms with E-state index in [4.69, 9.17) is 0 Å². The largest absolute Gasteiger partial charge is 0.480 e. The lowest BCUT2D eigenvalue weighted by Crippen LogP contribution is -2.52. The van der Waals surface area contributed by atoms with Gasteiger partial charge in [0.15, 0.2) is 0 Å². The van der Waals surface area contributed by atoms with E-state index in [1.165, 1.54) is 0 Å². The Balaban J connectivity index is 2.70. The maximum atomic E-state index is 12.6. The Kier molecular flexibility index (Phi) is 7.37. The normalized spacial score (nSPS) is 19.3. The quantitative estimate of drug-likeness (QED) is 0.633. The zero-order valence-electron chi connectivity index (χ0n) is 12.4. The summed E-state index contributed by atoms with van der Waals surface area (Å²) in [7, 11) is 0. The van der Waals surface area contributed by atoms with Gasteiger partial charge in [0.25, 0.3) is 0 Å². The van der Waals surface area contributed by atoms with Gasteiger partial charge in [-0.25, -0.2) is 4.79 Å². The molecule has 0 aliphatic carbocycles. The van der Waals surface area contributed by atoms with E-state index in [0.29, 0.717) is 6.42 Å². The van der Waals surface area contributed by atoms with Gasteiger partial charge in [-0.1, -0.05) is 13.3 Å². The van der Waals surface area contributed by atoms with Crippen LogP contribution in [-0.2, 0) is 9.59 Å². The van der Waals surface area contributed by atoms with Crippen molar-refractivity contribution in [2.45, 2.75) is 45.1 Å². The number of carbonyl (C=O) groups is 2. The zero-order chi connectivity index (χ0) is 15.0. The summed E-state index contributed by atoms with van der Waals surface area (Å²) in [6.45, 7) is 3.73. The van der Waals surface area contributed by atoms with Gasteiger partial charge in [0.2, 0.25) is 5.91 Å². The molecule has 3 N–H and O–H groups in total. The van der Waals surface area contributed by atoms with E-state index in [2.05, 4.69) is 17.6 Å². The molecule has 116 valence electrons. The predicted octanol–water partition coefficient (Wildman–Crippen LogP) is 1.48. The van der Waals surface area contributed by atoms with Crippen molar-refractivity contribution in [1.82, 2.24) is 10.6 Å². The third kappa shape index (κ3) is 4.66. The number of thioether (sulfide) groups is 1. The lowest BCUT2D eigenvalue weighted by molar-refractivity contribution is -0.144. The maximum absolute atomic E-state index is 12.6. The molecule has 0 spiro atoms. The van der Waals surface area contributed by atoms with Gasteiger partial charge in [-0.15, -0.1) is 0 Å². The summed E-state index contributed by atoms with van der Waals surface area (Å²) in [4.78, 5) is 23.8. The molecule has 0 aromatic rings. The fraction of sp³-hybridized carbons (Fsp3) is 0.857. The number of rotatable bonds is 8. The van der Waals surface area contributed by atoms with Gasteiger partial charge in [-0.2, -0.15) is 11.8 Å². The molecule has 1 amide bonds. The van der Waals surface area contributed by atoms with E-state index in [-0.39, 0.29) is 11.3 Å². The number of carboxylic acids is 1. The molecule has 0 aromatic carbocycles. The Bertz CT molecular complexity index is 325. The smallest absolute Gasteiger partial charge is 0.326 e. The van der Waals surface area contributed by atoms with Crippen molar-refractivity contribution in [2.24, 2.45) is 5.41 Å². The number of aliphatic carboxylic acids is 1. The summed E-state index contributed by atoms with van der Waals surface area (Å²) in [5, 5.41) is 15.3. The number of amides is 1. The average molecular weight is 302 g/mol. The summed E-state index contributed by atoms with van der Waals surface area (Å²) >= 11 is 1.59. The molecule has 1 heterocycles. The number of hydrogen-bond acceptors (Lipinski definition) is 4. The fourth-order valence-electron chi connectivity index (χ4n) is 2.78. The number of hydrogen-bond donors (Lipinski definition) is 3. The van der Waals surface area contributed by atoms with Crippen molar-refractivity contribution < 1.29 is 14.7 Å². The minimum absolute atomic E-state index is 0.0747. The molecule has 6 heteroatoms. The van der Waals surface area contributed by atoms with E-state index in [0.717, 1.165) is 44.5 Å². The molecule has 1 aliphatic heterocycles. The van der Waals surface area contributed by atoms with Crippen LogP contribution in [0.3, 0.4) is 0 Å². The molecule has 1 saturated heterocycles. The number of carbonyl (C=O) groups excluding carboxylic acids is 1. The maximum Gasteiger partial charge on any atom is 0.326 e. The lowest BCUT2D eigenvalue weighted by Gasteiger charge is -2.37. The number of carboxylic acid groups (broad SMARTS) is 1. The van der Waals surface area contributed by atoms with Crippen molar-refractivity contribution in [3.05, 3.63) is 0 Å². The Labute approximate surface area is 125 Å². The first-order valence-electron chi connectivity index (χ1n) is 7.29. The molecule has 1 unspecified atom stereocenters. The third-order valence-electron chi connectivity index (χ3n) is 3.98. The average Bonchev–Trinajstić information content (AvgIpc) is 2.44. The topological polar surface area (TPSA) is 78.4 Å². The van der Waals surface area contributed by atoms with Crippen LogP contribution in [0.1, 0.15) is 39.0 Å². The predicted molar refractivity (Wildman–Crippen MR) is 82.0 cm³/mol. The second-order valence-electron chi connectivity index (χ2n) is 5.43. The molecule has 0 radical (unpaired) electrons. The summed E-state index contributed by atoms with van der Waals surface area (Å²) < 4.78 is 0. The van der Waals surface area contributed by atoms with Crippen LogP contribution in [0.5, 0.6) is 0 Å². The van der Waals surface area contributed by atoms with Gasteiger partial charge in [0, 0.05) is 0 Å². The van der Waals surface area contributed by atoms with Crippen LogP contribution in [0.25, 0.3) is 0 Å². The summed E-state index contributed by atoms with van der Waals surface area (Å²) in [5.41, 5.74) is -0.382. The van der Waals surface area contributed by atoms with E-state index in [1.807, 2.05) is 6.26 Å². The standard InChI is InChI=1S/C14H26N2O3S/c1-3-5-14(6-8-15-9-7-14)13(19)16-11(12(17)18)4-10-20-2/h11,15H,3-10H2,1-2H3,(H,16,19)(H,17,18). The van der Waals surface area contributed by atoms with Gasteiger partial charge in [-0.05, 0) is 50.8 Å². The zero-order valence-corrected chi connectivity index (χ0v) is 13.2. The van der Waals surface area contributed by atoms with Gasteiger partial charge in [0.05, 0.1) is 5.41 Å². The van der Waals surface area contributed by atoms with E-state index in [9.17, 15) is 14.7 Å². The first-order chi connectivity index (χ1) is 9.55. The van der Waals surface area contributed by atoms with Crippen LogP contribution in [-0.4, -0.2) is 48.1 Å². The van der Waals surface area contributed by atoms with Crippen molar-refractivity contribution in [3.63, 3.8) is 0 Å². The highest BCUT2D eigenvalue weighted by molar-refractivity contribution is 7.98. The monoisotopic (exact) mass is 302 g/mol. The first kappa shape index (κ1) is 17.3. The summed E-state index contributed by atoms with van der Waals surface area (Å²) in [6.07, 6.45) is 5.77. The summed E-state index contributed by atoms with van der Waals surface area (Å²) in [6, 6.07) is -0.765. The van der Waals surface area contributed by atoms with Crippen molar-refractivity contribution in [2.75, 3.05) is 25.1 Å². The van der Waals surface area contributed by atoms with Crippen molar-refractivity contribution >= 4 is 23.6 Å². The Hall–Kier alpha value is -0.750. The van der Waals surface area contributed by atoms with Crippen LogP contribution >= 0.6 is 11.8 Å². The minimum Gasteiger partial charge on any atom is -0.480 e. The highest BCUT2D eigenvalue weighted by atomic mass is 32.2. The lowest BCUT2D eigenvalue weighted by atomic mass is 9.74.